The lowest BCUT2D eigenvalue weighted by Gasteiger charge is -2.20. The molecule has 2 nitrogen and oxygen atoms in total. The summed E-state index contributed by atoms with van der Waals surface area (Å²) < 4.78 is 129. The molecule has 0 aliphatic rings. The van der Waals surface area contributed by atoms with Gasteiger partial charge in [0.1, 0.15) is 40.3 Å². The Morgan fingerprint density at radius 3 is 1.90 bits per heavy atom. The summed E-state index contributed by atoms with van der Waals surface area (Å²) in [5.41, 5.74) is -2.85. The number of benzene rings is 4. The molecule has 0 bridgehead atoms. The Hall–Kier alpha value is -4.77. The zero-order valence-corrected chi connectivity index (χ0v) is 19.0. The molecule has 0 unspecified atom stereocenters. The highest BCUT2D eigenvalue weighted by Gasteiger charge is 2.41. The highest BCUT2D eigenvalue weighted by Crippen LogP contribution is 2.37. The normalized spacial score (nSPS) is 11.4. The first kappa shape index (κ1) is 27.3. The smallest absolute Gasteiger partial charge is 0.458 e. The van der Waals surface area contributed by atoms with Crippen LogP contribution in [0.2, 0.25) is 0 Å². The topological polar surface area (TPSA) is 29.5 Å². The van der Waals surface area contributed by atoms with Gasteiger partial charge < -0.3 is 9.84 Å². The van der Waals surface area contributed by atoms with E-state index >= 15 is 0 Å². The van der Waals surface area contributed by atoms with Gasteiger partial charge >= 0.3 is 12.3 Å². The van der Waals surface area contributed by atoms with Crippen LogP contribution < -0.4 is 4.74 Å². The van der Waals surface area contributed by atoms with Crippen molar-refractivity contribution in [3.05, 3.63) is 106 Å². The molecule has 0 saturated carbocycles. The van der Waals surface area contributed by atoms with Crippen LogP contribution in [0, 0.1) is 47.0 Å². The van der Waals surface area contributed by atoms with Gasteiger partial charge in [-0.25, -0.2) is 17.6 Å². The Balaban J connectivity index is 1.64. The van der Waals surface area contributed by atoms with Crippen molar-refractivity contribution < 1.29 is 49.4 Å². The number of ether oxygens (including phenoxy) is 1. The quantitative estimate of drug-likeness (QED) is 0.211. The van der Waals surface area contributed by atoms with Gasteiger partial charge in [0.2, 0.25) is 0 Å². The summed E-state index contributed by atoms with van der Waals surface area (Å²) in [6.45, 7) is 0. The molecule has 1 N–H and O–H groups in total. The Kier molecular flexibility index (Phi) is 7.12. The van der Waals surface area contributed by atoms with Crippen molar-refractivity contribution in [2.75, 3.05) is 0 Å². The van der Waals surface area contributed by atoms with Crippen molar-refractivity contribution in [1.29, 1.82) is 0 Å². The average Bonchev–Trinajstić information content (AvgIpc) is 2.82. The van der Waals surface area contributed by atoms with Crippen LogP contribution in [-0.4, -0.2) is 11.3 Å². The third-order valence-corrected chi connectivity index (χ3v) is 5.13. The second kappa shape index (κ2) is 10.2. The van der Waals surface area contributed by atoms with E-state index in [4.69, 9.17) is 0 Å². The van der Waals surface area contributed by atoms with E-state index in [0.29, 0.717) is 29.8 Å². The molecule has 0 aliphatic heterocycles. The van der Waals surface area contributed by atoms with Gasteiger partial charge in [-0.1, -0.05) is 17.8 Å². The van der Waals surface area contributed by atoms with Gasteiger partial charge in [-0.05, 0) is 66.0 Å². The van der Waals surface area contributed by atoms with E-state index in [0.717, 1.165) is 18.1 Å². The molecular weight excluding hydrogens is 539 g/mol. The van der Waals surface area contributed by atoms with Gasteiger partial charge in [-0.3, -0.25) is 0 Å². The summed E-state index contributed by atoms with van der Waals surface area (Å²) in [5, 5.41) is 8.40. The van der Waals surface area contributed by atoms with E-state index in [1.807, 2.05) is 0 Å². The maximum absolute atomic E-state index is 14.8. The van der Waals surface area contributed by atoms with Crippen LogP contribution in [0.1, 0.15) is 22.3 Å². The fraction of sp³-hybridized carbons (Fsp3) is 0.0714. The molecule has 4 aromatic carbocycles. The van der Waals surface area contributed by atoms with Crippen LogP contribution in [0.4, 0.5) is 39.5 Å². The second-order valence-electron chi connectivity index (χ2n) is 7.91. The molecule has 0 saturated heterocycles. The number of hydrogen-bond donors (Lipinski definition) is 1. The molecule has 198 valence electrons. The fourth-order valence-corrected chi connectivity index (χ4v) is 3.43. The summed E-state index contributed by atoms with van der Waals surface area (Å²) in [5.74, 6) is -0.116. The molecule has 0 amide bonds. The van der Waals surface area contributed by atoms with E-state index in [2.05, 4.69) is 16.6 Å². The first-order chi connectivity index (χ1) is 18.2. The molecule has 0 atom stereocenters. The van der Waals surface area contributed by atoms with Gasteiger partial charge in [-0.15, -0.1) is 0 Å². The highest BCUT2D eigenvalue weighted by atomic mass is 19.4. The van der Waals surface area contributed by atoms with Crippen LogP contribution in [0.5, 0.6) is 11.5 Å². The minimum atomic E-state index is -5.01. The number of halogens is 9. The Morgan fingerprint density at radius 1 is 0.667 bits per heavy atom. The minimum absolute atomic E-state index is 0.0362. The molecule has 11 heteroatoms. The van der Waals surface area contributed by atoms with E-state index in [-0.39, 0.29) is 11.3 Å². The predicted molar refractivity (Wildman–Crippen MR) is 122 cm³/mol. The lowest BCUT2D eigenvalue weighted by atomic mass is 10.0. The molecule has 4 aromatic rings. The Morgan fingerprint density at radius 2 is 1.28 bits per heavy atom. The molecule has 0 heterocycles. The Labute approximate surface area is 214 Å². The number of phenols is 1. The molecule has 0 spiro atoms. The van der Waals surface area contributed by atoms with Gasteiger partial charge in [-0.2, -0.15) is 22.0 Å². The predicted octanol–water partition coefficient (Wildman–Crippen LogP) is 7.54. The average molecular weight is 550 g/mol. The summed E-state index contributed by atoms with van der Waals surface area (Å²) in [6.07, 6.45) is -9.61. The third kappa shape index (κ3) is 6.21. The fourth-order valence-electron chi connectivity index (χ4n) is 3.43. The zero-order chi connectivity index (χ0) is 28.5. The van der Waals surface area contributed by atoms with E-state index in [9.17, 15) is 44.6 Å². The van der Waals surface area contributed by atoms with Crippen molar-refractivity contribution in [2.24, 2.45) is 0 Å². The number of rotatable bonds is 3. The van der Waals surface area contributed by atoms with E-state index in [1.165, 1.54) is 30.2 Å². The van der Waals surface area contributed by atoms with Crippen molar-refractivity contribution in [2.45, 2.75) is 12.3 Å². The molecule has 4 rings (SSSR count). The number of fused-ring (bicyclic) bond motifs is 1. The highest BCUT2D eigenvalue weighted by molar-refractivity contribution is 5.86. The lowest BCUT2D eigenvalue weighted by molar-refractivity contribution is -0.189. The summed E-state index contributed by atoms with van der Waals surface area (Å²) >= 11 is 0. The lowest BCUT2D eigenvalue weighted by Crippen LogP contribution is -2.25. The third-order valence-electron chi connectivity index (χ3n) is 5.13. The van der Waals surface area contributed by atoms with Crippen molar-refractivity contribution in [1.82, 2.24) is 0 Å². The molecular formula is C28H11F9O2. The second-order valence-corrected chi connectivity index (χ2v) is 7.91. The standard InChI is InChI=1S/C28H11F9O2/c29-22-14-17-13-19(7-8-20(17)26(32)21(22)9-10-27(33,34)35)39-28(36,37)25-23(30)11-16(12-24(25)31)2-1-15-3-5-18(38)6-4-15/h3-8,11-14,38H. The van der Waals surface area contributed by atoms with Crippen LogP contribution in [0.15, 0.2) is 60.7 Å². The molecule has 0 aliphatic carbocycles. The van der Waals surface area contributed by atoms with Gasteiger partial charge in [0.15, 0.2) is 0 Å². The van der Waals surface area contributed by atoms with Crippen molar-refractivity contribution >= 4 is 10.8 Å². The van der Waals surface area contributed by atoms with Crippen LogP contribution in [0.25, 0.3) is 10.8 Å². The first-order valence-corrected chi connectivity index (χ1v) is 10.6. The van der Waals surface area contributed by atoms with Crippen molar-refractivity contribution in [3.8, 4) is 35.2 Å². The maximum atomic E-state index is 14.8. The van der Waals surface area contributed by atoms with Gasteiger partial charge in [0.25, 0.3) is 0 Å². The zero-order valence-electron chi connectivity index (χ0n) is 19.0. The first-order valence-electron chi connectivity index (χ1n) is 10.6. The summed E-state index contributed by atoms with van der Waals surface area (Å²) in [7, 11) is 0. The number of phenolic OH excluding ortho intramolecular Hbond substituents is 1. The van der Waals surface area contributed by atoms with Gasteiger partial charge in [0, 0.05) is 22.4 Å². The summed E-state index contributed by atoms with van der Waals surface area (Å²) in [6, 6.07) is 9.42. The minimum Gasteiger partial charge on any atom is -0.508 e. The molecule has 0 fully saturated rings. The van der Waals surface area contributed by atoms with Crippen LogP contribution >= 0.6 is 0 Å². The number of alkyl halides is 5. The largest absolute Gasteiger partial charge is 0.508 e. The number of hydrogen-bond acceptors (Lipinski definition) is 2. The Bertz CT molecular complexity index is 1680. The van der Waals surface area contributed by atoms with Crippen LogP contribution in [0.3, 0.4) is 0 Å². The van der Waals surface area contributed by atoms with E-state index < -0.39 is 63.2 Å². The van der Waals surface area contributed by atoms with E-state index in [1.54, 1.807) is 0 Å². The molecule has 0 radical (unpaired) electrons. The summed E-state index contributed by atoms with van der Waals surface area (Å²) in [4.78, 5) is 0. The molecule has 0 aromatic heterocycles. The number of aromatic hydroxyl groups is 1. The maximum Gasteiger partial charge on any atom is 0.458 e. The SMILES string of the molecule is Oc1ccc(C#Cc2cc(F)c(C(F)(F)Oc3ccc4c(F)c(C#CC(F)(F)F)c(F)cc4c3)c(F)c2)cc1. The molecule has 39 heavy (non-hydrogen) atoms. The monoisotopic (exact) mass is 550 g/mol. The van der Waals surface area contributed by atoms with Crippen LogP contribution in [-0.2, 0) is 6.11 Å². The van der Waals surface area contributed by atoms with Crippen molar-refractivity contribution in [3.63, 3.8) is 0 Å². The van der Waals surface area contributed by atoms with Gasteiger partial charge in [0.05, 0.1) is 5.56 Å².